The molecule has 7 rings (SSSR count). The van der Waals surface area contributed by atoms with Gasteiger partial charge in [-0.3, -0.25) is 0 Å². The standard InChI is InChI=1S/C32H21N3/c1-4-12-22(13-5-1)26-21-29-27(20-24-16-10-11-19-28(24)33-29)32-30(26)31(23-14-6-2-7-15-23)34-35(32)25-17-8-3-9-18-25/h1-21H. The molecular formula is C32H21N3. The minimum Gasteiger partial charge on any atom is -0.248 e. The van der Waals surface area contributed by atoms with Crippen LogP contribution < -0.4 is 0 Å². The fraction of sp³-hybridized carbons (Fsp3) is 0. The lowest BCUT2D eigenvalue weighted by Gasteiger charge is -2.11. The van der Waals surface area contributed by atoms with Gasteiger partial charge in [0.15, 0.2) is 0 Å². The van der Waals surface area contributed by atoms with Crippen molar-refractivity contribution < 1.29 is 0 Å². The van der Waals surface area contributed by atoms with E-state index in [1.165, 1.54) is 0 Å². The number of pyridine rings is 1. The van der Waals surface area contributed by atoms with E-state index in [1.807, 2.05) is 18.2 Å². The molecule has 0 unspecified atom stereocenters. The first-order valence-corrected chi connectivity index (χ1v) is 11.8. The van der Waals surface area contributed by atoms with E-state index in [-0.39, 0.29) is 0 Å². The smallest absolute Gasteiger partial charge is 0.101 e. The predicted molar refractivity (Wildman–Crippen MR) is 145 cm³/mol. The van der Waals surface area contributed by atoms with Crippen LogP contribution in [-0.2, 0) is 0 Å². The Balaban J connectivity index is 1.72. The topological polar surface area (TPSA) is 30.7 Å². The van der Waals surface area contributed by atoms with Crippen LogP contribution in [0.2, 0.25) is 0 Å². The van der Waals surface area contributed by atoms with Gasteiger partial charge in [0.25, 0.3) is 0 Å². The first-order valence-electron chi connectivity index (χ1n) is 11.8. The van der Waals surface area contributed by atoms with E-state index in [1.54, 1.807) is 0 Å². The molecule has 0 bridgehead atoms. The summed E-state index contributed by atoms with van der Waals surface area (Å²) >= 11 is 0. The molecule has 0 saturated carbocycles. The third kappa shape index (κ3) is 3.21. The summed E-state index contributed by atoms with van der Waals surface area (Å²) in [6.07, 6.45) is 0. The van der Waals surface area contributed by atoms with Crippen LogP contribution in [0.5, 0.6) is 0 Å². The van der Waals surface area contributed by atoms with Crippen molar-refractivity contribution in [3.05, 3.63) is 127 Å². The quantitative estimate of drug-likeness (QED) is 0.256. The van der Waals surface area contributed by atoms with Crippen molar-refractivity contribution in [2.24, 2.45) is 0 Å². The molecule has 0 aliphatic rings. The zero-order chi connectivity index (χ0) is 23.2. The van der Waals surface area contributed by atoms with E-state index < -0.39 is 0 Å². The summed E-state index contributed by atoms with van der Waals surface area (Å²) in [4.78, 5) is 5.09. The Bertz CT molecular complexity index is 1820. The van der Waals surface area contributed by atoms with E-state index in [2.05, 4.69) is 114 Å². The molecule has 2 heterocycles. The third-order valence-corrected chi connectivity index (χ3v) is 6.58. The van der Waals surface area contributed by atoms with Crippen LogP contribution >= 0.6 is 0 Å². The lowest BCUT2D eigenvalue weighted by Crippen LogP contribution is -1.97. The molecule has 0 radical (unpaired) electrons. The molecule has 0 fully saturated rings. The molecule has 5 aromatic carbocycles. The van der Waals surface area contributed by atoms with Crippen LogP contribution in [0.15, 0.2) is 127 Å². The number of fused-ring (bicyclic) bond motifs is 4. The van der Waals surface area contributed by atoms with E-state index in [4.69, 9.17) is 10.1 Å². The van der Waals surface area contributed by atoms with Gasteiger partial charge in [-0.15, -0.1) is 0 Å². The number of hydrogen-bond donors (Lipinski definition) is 0. The minimum absolute atomic E-state index is 0.965. The fourth-order valence-electron chi connectivity index (χ4n) is 4.96. The van der Waals surface area contributed by atoms with Crippen LogP contribution in [0.4, 0.5) is 0 Å². The summed E-state index contributed by atoms with van der Waals surface area (Å²) in [6.45, 7) is 0. The number of benzene rings is 5. The summed E-state index contributed by atoms with van der Waals surface area (Å²) in [7, 11) is 0. The van der Waals surface area contributed by atoms with Crippen molar-refractivity contribution in [1.82, 2.24) is 14.8 Å². The molecule has 7 aromatic rings. The summed E-state index contributed by atoms with van der Waals surface area (Å²) in [5, 5.41) is 8.59. The second kappa shape index (κ2) is 7.93. The van der Waals surface area contributed by atoms with Crippen LogP contribution in [0, 0.1) is 0 Å². The normalized spacial score (nSPS) is 11.4. The van der Waals surface area contributed by atoms with Crippen molar-refractivity contribution in [3.63, 3.8) is 0 Å². The highest BCUT2D eigenvalue weighted by molar-refractivity contribution is 6.18. The van der Waals surface area contributed by atoms with Crippen molar-refractivity contribution in [2.45, 2.75) is 0 Å². The average molecular weight is 448 g/mol. The molecule has 0 aliphatic carbocycles. The summed E-state index contributed by atoms with van der Waals surface area (Å²) in [6, 6.07) is 44.2. The van der Waals surface area contributed by atoms with Gasteiger partial charge < -0.3 is 0 Å². The largest absolute Gasteiger partial charge is 0.248 e. The predicted octanol–water partition coefficient (Wildman–Crippen LogP) is 8.06. The lowest BCUT2D eigenvalue weighted by molar-refractivity contribution is 0.918. The maximum atomic E-state index is 5.24. The zero-order valence-corrected chi connectivity index (χ0v) is 19.0. The monoisotopic (exact) mass is 447 g/mol. The molecule has 0 amide bonds. The molecule has 35 heavy (non-hydrogen) atoms. The Hall–Kier alpha value is -4.76. The Morgan fingerprint density at radius 2 is 1.17 bits per heavy atom. The summed E-state index contributed by atoms with van der Waals surface area (Å²) in [5.41, 5.74) is 8.41. The molecule has 0 saturated heterocycles. The highest BCUT2D eigenvalue weighted by Gasteiger charge is 2.21. The van der Waals surface area contributed by atoms with Crippen molar-refractivity contribution in [3.8, 4) is 28.1 Å². The number of hydrogen-bond acceptors (Lipinski definition) is 2. The van der Waals surface area contributed by atoms with Crippen molar-refractivity contribution in [1.29, 1.82) is 0 Å². The molecule has 0 aliphatic heterocycles. The Labute approximate surface area is 202 Å². The van der Waals surface area contributed by atoms with Crippen LogP contribution in [0.1, 0.15) is 0 Å². The Morgan fingerprint density at radius 3 is 1.91 bits per heavy atom. The molecule has 3 heteroatoms. The highest BCUT2D eigenvalue weighted by atomic mass is 15.3. The highest BCUT2D eigenvalue weighted by Crippen LogP contribution is 2.41. The van der Waals surface area contributed by atoms with Gasteiger partial charge in [-0.05, 0) is 41.5 Å². The summed E-state index contributed by atoms with van der Waals surface area (Å²) < 4.78 is 2.09. The number of rotatable bonds is 3. The van der Waals surface area contributed by atoms with Gasteiger partial charge in [0.05, 0.1) is 22.2 Å². The van der Waals surface area contributed by atoms with Gasteiger partial charge in [0.1, 0.15) is 5.69 Å². The third-order valence-electron chi connectivity index (χ3n) is 6.58. The number of aromatic nitrogens is 3. The second-order valence-electron chi connectivity index (χ2n) is 8.72. The van der Waals surface area contributed by atoms with E-state index in [0.29, 0.717) is 0 Å². The van der Waals surface area contributed by atoms with Gasteiger partial charge in [-0.25, -0.2) is 9.67 Å². The molecular weight excluding hydrogens is 426 g/mol. The zero-order valence-electron chi connectivity index (χ0n) is 19.0. The van der Waals surface area contributed by atoms with E-state index >= 15 is 0 Å². The van der Waals surface area contributed by atoms with Crippen molar-refractivity contribution >= 4 is 32.7 Å². The molecule has 0 atom stereocenters. The first-order chi connectivity index (χ1) is 17.4. The molecule has 164 valence electrons. The second-order valence-corrected chi connectivity index (χ2v) is 8.72. The van der Waals surface area contributed by atoms with Gasteiger partial charge in [0, 0.05) is 21.7 Å². The van der Waals surface area contributed by atoms with Gasteiger partial charge >= 0.3 is 0 Å². The van der Waals surface area contributed by atoms with Crippen LogP contribution in [-0.4, -0.2) is 14.8 Å². The Kier molecular flexibility index (Phi) is 4.46. The first kappa shape index (κ1) is 19.7. The maximum absolute atomic E-state index is 5.24. The molecule has 0 spiro atoms. The van der Waals surface area contributed by atoms with Crippen LogP contribution in [0.25, 0.3) is 60.8 Å². The van der Waals surface area contributed by atoms with E-state index in [0.717, 1.165) is 60.8 Å². The number of para-hydroxylation sites is 2. The summed E-state index contributed by atoms with van der Waals surface area (Å²) in [5.74, 6) is 0. The maximum Gasteiger partial charge on any atom is 0.101 e. The lowest BCUT2D eigenvalue weighted by atomic mass is 9.95. The molecule has 3 nitrogen and oxygen atoms in total. The average Bonchev–Trinajstić information content (AvgIpc) is 3.34. The Morgan fingerprint density at radius 1 is 0.543 bits per heavy atom. The van der Waals surface area contributed by atoms with Crippen molar-refractivity contribution in [2.75, 3.05) is 0 Å². The fourth-order valence-corrected chi connectivity index (χ4v) is 4.96. The van der Waals surface area contributed by atoms with Gasteiger partial charge in [-0.2, -0.15) is 5.10 Å². The minimum atomic E-state index is 0.965. The SMILES string of the molecule is c1ccc(-c2cc3nc4ccccc4cc3c3c2c(-c2ccccc2)nn3-c2ccccc2)cc1. The number of nitrogens with zero attached hydrogens (tertiary/aromatic N) is 3. The molecule has 2 aromatic heterocycles. The van der Waals surface area contributed by atoms with E-state index in [9.17, 15) is 0 Å². The van der Waals surface area contributed by atoms with Crippen LogP contribution in [0.3, 0.4) is 0 Å². The van der Waals surface area contributed by atoms with Gasteiger partial charge in [-0.1, -0.05) is 97.1 Å². The molecule has 0 N–H and O–H groups in total. The van der Waals surface area contributed by atoms with Gasteiger partial charge in [0.2, 0.25) is 0 Å².